The molecular weight excluding hydrogens is 390 g/mol. The van der Waals surface area contributed by atoms with E-state index in [2.05, 4.69) is 10.2 Å². The van der Waals surface area contributed by atoms with Gasteiger partial charge < -0.3 is 19.9 Å². The van der Waals surface area contributed by atoms with Crippen LogP contribution in [0, 0.1) is 0 Å². The maximum absolute atomic E-state index is 12.7. The zero-order valence-electron chi connectivity index (χ0n) is 17.5. The van der Waals surface area contributed by atoms with Gasteiger partial charge in [0.2, 0.25) is 0 Å². The summed E-state index contributed by atoms with van der Waals surface area (Å²) < 4.78 is 5.15. The van der Waals surface area contributed by atoms with Gasteiger partial charge in [-0.2, -0.15) is 0 Å². The van der Waals surface area contributed by atoms with Gasteiger partial charge in [-0.3, -0.25) is 9.59 Å². The molecule has 0 atom stereocenters. The van der Waals surface area contributed by atoms with Crippen LogP contribution in [0.5, 0.6) is 5.75 Å². The molecule has 0 bridgehead atoms. The Labute approximate surface area is 182 Å². The topological polar surface area (TPSA) is 61.9 Å². The fourth-order valence-electron chi connectivity index (χ4n) is 3.71. The summed E-state index contributed by atoms with van der Waals surface area (Å²) in [6.45, 7) is 2.67. The van der Waals surface area contributed by atoms with E-state index in [1.54, 1.807) is 31.4 Å². The van der Waals surface area contributed by atoms with Gasteiger partial charge in [-0.1, -0.05) is 30.3 Å². The van der Waals surface area contributed by atoms with Crippen LogP contribution >= 0.6 is 0 Å². The zero-order chi connectivity index (χ0) is 21.6. The monoisotopic (exact) mass is 415 g/mol. The van der Waals surface area contributed by atoms with Gasteiger partial charge in [0.05, 0.1) is 18.5 Å². The van der Waals surface area contributed by atoms with Crippen LogP contribution in [-0.4, -0.2) is 50.0 Å². The number of methoxy groups -OCH3 is 1. The first-order valence-corrected chi connectivity index (χ1v) is 10.3. The number of para-hydroxylation sites is 2. The molecule has 6 nitrogen and oxygen atoms in total. The normalized spacial score (nSPS) is 13.6. The first-order chi connectivity index (χ1) is 15.2. The van der Waals surface area contributed by atoms with Crippen molar-refractivity contribution in [1.82, 2.24) is 4.90 Å². The van der Waals surface area contributed by atoms with E-state index in [4.69, 9.17) is 4.74 Å². The molecule has 1 heterocycles. The number of hydrogen-bond donors (Lipinski definition) is 1. The molecule has 31 heavy (non-hydrogen) atoms. The second-order valence-corrected chi connectivity index (χ2v) is 7.35. The number of nitrogens with zero attached hydrogens (tertiary/aromatic N) is 2. The first-order valence-electron chi connectivity index (χ1n) is 10.3. The molecular formula is C25H25N3O3. The van der Waals surface area contributed by atoms with Crippen molar-refractivity contribution < 1.29 is 14.3 Å². The third kappa shape index (κ3) is 4.69. The Bertz CT molecular complexity index is 1040. The average Bonchev–Trinajstić information content (AvgIpc) is 2.84. The Hall–Kier alpha value is -3.80. The van der Waals surface area contributed by atoms with Gasteiger partial charge in [0, 0.05) is 37.3 Å². The maximum Gasteiger partial charge on any atom is 0.255 e. The van der Waals surface area contributed by atoms with Gasteiger partial charge in [-0.25, -0.2) is 0 Å². The van der Waals surface area contributed by atoms with Gasteiger partial charge in [0.25, 0.3) is 11.8 Å². The Morgan fingerprint density at radius 1 is 0.774 bits per heavy atom. The molecule has 0 radical (unpaired) electrons. The highest BCUT2D eigenvalue weighted by molar-refractivity contribution is 6.06. The minimum Gasteiger partial charge on any atom is -0.497 e. The molecule has 2 amide bonds. The second kappa shape index (κ2) is 9.34. The molecule has 4 rings (SSSR count). The third-order valence-electron chi connectivity index (χ3n) is 5.43. The van der Waals surface area contributed by atoms with Crippen molar-refractivity contribution in [3.8, 4) is 5.75 Å². The lowest BCUT2D eigenvalue weighted by Crippen LogP contribution is -2.49. The molecule has 158 valence electrons. The summed E-state index contributed by atoms with van der Waals surface area (Å²) in [5.74, 6) is 0.592. The van der Waals surface area contributed by atoms with Crippen LogP contribution in [0.15, 0.2) is 78.9 Å². The number of piperazine rings is 1. The standard InChI is InChI=1S/C25H25N3O3/c1-31-21-13-11-19(12-14-21)24(29)26-22-9-5-6-10-23(22)27-15-17-28(18-16-27)25(30)20-7-3-2-4-8-20/h2-14H,15-18H2,1H3,(H,26,29). The number of rotatable bonds is 5. The Morgan fingerprint density at radius 3 is 2.10 bits per heavy atom. The summed E-state index contributed by atoms with van der Waals surface area (Å²) in [7, 11) is 1.60. The number of benzene rings is 3. The van der Waals surface area contributed by atoms with E-state index < -0.39 is 0 Å². The van der Waals surface area contributed by atoms with E-state index in [1.165, 1.54) is 0 Å². The molecule has 1 aliphatic heterocycles. The highest BCUT2D eigenvalue weighted by atomic mass is 16.5. The molecule has 0 saturated carbocycles. The van der Waals surface area contributed by atoms with Crippen LogP contribution in [0.25, 0.3) is 0 Å². The summed E-state index contributed by atoms with van der Waals surface area (Å²) in [4.78, 5) is 29.5. The van der Waals surface area contributed by atoms with E-state index in [0.717, 1.165) is 11.4 Å². The van der Waals surface area contributed by atoms with E-state index in [0.29, 0.717) is 43.1 Å². The molecule has 1 fully saturated rings. The van der Waals surface area contributed by atoms with Crippen molar-refractivity contribution >= 4 is 23.2 Å². The third-order valence-corrected chi connectivity index (χ3v) is 5.43. The second-order valence-electron chi connectivity index (χ2n) is 7.35. The minimum absolute atomic E-state index is 0.0568. The molecule has 0 spiro atoms. The summed E-state index contributed by atoms with van der Waals surface area (Å²) >= 11 is 0. The SMILES string of the molecule is COc1ccc(C(=O)Nc2ccccc2N2CCN(C(=O)c3ccccc3)CC2)cc1. The average molecular weight is 415 g/mol. The number of carbonyl (C=O) groups is 2. The Balaban J connectivity index is 1.43. The zero-order valence-corrected chi connectivity index (χ0v) is 17.5. The van der Waals surface area contributed by atoms with Gasteiger partial charge in [-0.05, 0) is 48.5 Å². The van der Waals surface area contributed by atoms with Crippen molar-refractivity contribution in [2.24, 2.45) is 0 Å². The number of hydrogen-bond acceptors (Lipinski definition) is 4. The van der Waals surface area contributed by atoms with Crippen LogP contribution in [0.2, 0.25) is 0 Å². The maximum atomic E-state index is 12.7. The predicted molar refractivity (Wildman–Crippen MR) is 122 cm³/mol. The molecule has 3 aromatic carbocycles. The van der Waals surface area contributed by atoms with Gasteiger partial charge in [0.15, 0.2) is 0 Å². The largest absolute Gasteiger partial charge is 0.497 e. The number of ether oxygens (including phenoxy) is 1. The van der Waals surface area contributed by atoms with Crippen molar-refractivity contribution in [2.75, 3.05) is 43.5 Å². The van der Waals surface area contributed by atoms with E-state index in [1.807, 2.05) is 59.5 Å². The molecule has 0 aromatic heterocycles. The molecule has 1 aliphatic rings. The quantitative estimate of drug-likeness (QED) is 0.686. The molecule has 3 aromatic rings. The van der Waals surface area contributed by atoms with Crippen molar-refractivity contribution in [3.05, 3.63) is 90.0 Å². The van der Waals surface area contributed by atoms with Crippen molar-refractivity contribution in [3.63, 3.8) is 0 Å². The highest BCUT2D eigenvalue weighted by Crippen LogP contribution is 2.27. The van der Waals surface area contributed by atoms with E-state index in [-0.39, 0.29) is 11.8 Å². The Morgan fingerprint density at radius 2 is 1.42 bits per heavy atom. The van der Waals surface area contributed by atoms with Crippen LogP contribution in [0.1, 0.15) is 20.7 Å². The van der Waals surface area contributed by atoms with Crippen LogP contribution in [0.4, 0.5) is 11.4 Å². The van der Waals surface area contributed by atoms with Crippen molar-refractivity contribution in [2.45, 2.75) is 0 Å². The van der Waals surface area contributed by atoms with Gasteiger partial charge >= 0.3 is 0 Å². The molecule has 1 saturated heterocycles. The highest BCUT2D eigenvalue weighted by Gasteiger charge is 2.23. The van der Waals surface area contributed by atoms with Crippen LogP contribution in [-0.2, 0) is 0 Å². The first kappa shape index (κ1) is 20.5. The fraction of sp³-hybridized carbons (Fsp3) is 0.200. The molecule has 0 aliphatic carbocycles. The van der Waals surface area contributed by atoms with Gasteiger partial charge in [0.1, 0.15) is 5.75 Å². The summed E-state index contributed by atoms with van der Waals surface area (Å²) in [6, 6.07) is 24.1. The summed E-state index contributed by atoms with van der Waals surface area (Å²) in [6.07, 6.45) is 0. The lowest BCUT2D eigenvalue weighted by Gasteiger charge is -2.37. The lowest BCUT2D eigenvalue weighted by molar-refractivity contribution is 0.0746. The van der Waals surface area contributed by atoms with Crippen LogP contribution < -0.4 is 15.0 Å². The summed E-state index contributed by atoms with van der Waals surface area (Å²) in [5, 5.41) is 3.02. The van der Waals surface area contributed by atoms with Crippen LogP contribution in [0.3, 0.4) is 0 Å². The van der Waals surface area contributed by atoms with Crippen molar-refractivity contribution in [1.29, 1.82) is 0 Å². The van der Waals surface area contributed by atoms with Gasteiger partial charge in [-0.15, -0.1) is 0 Å². The fourth-order valence-corrected chi connectivity index (χ4v) is 3.71. The molecule has 1 N–H and O–H groups in total. The smallest absolute Gasteiger partial charge is 0.255 e. The van der Waals surface area contributed by atoms with E-state index in [9.17, 15) is 9.59 Å². The Kier molecular flexibility index (Phi) is 6.17. The molecule has 0 unspecified atom stereocenters. The van der Waals surface area contributed by atoms with E-state index >= 15 is 0 Å². The lowest BCUT2D eigenvalue weighted by atomic mass is 10.1. The molecule has 6 heteroatoms. The number of carbonyl (C=O) groups excluding carboxylic acids is 2. The number of anilines is 2. The predicted octanol–water partition coefficient (Wildman–Crippen LogP) is 3.91. The summed E-state index contributed by atoms with van der Waals surface area (Å²) in [5.41, 5.74) is 2.99. The number of nitrogens with one attached hydrogen (secondary N) is 1. The minimum atomic E-state index is -0.173. The number of amides is 2.